The minimum Gasteiger partial charge on any atom is -0.507 e. The predicted molar refractivity (Wildman–Crippen MR) is 140 cm³/mol. The van der Waals surface area contributed by atoms with Gasteiger partial charge in [0, 0.05) is 25.6 Å². The van der Waals surface area contributed by atoms with E-state index in [1.54, 1.807) is 11.0 Å². The Morgan fingerprint density at radius 1 is 1.21 bits per heavy atom. The van der Waals surface area contributed by atoms with Crippen molar-refractivity contribution in [2.24, 2.45) is 5.16 Å². The Hall–Kier alpha value is -2.85. The second-order valence-electron chi connectivity index (χ2n) is 9.04. The van der Waals surface area contributed by atoms with E-state index in [0.717, 1.165) is 37.3 Å². The number of phosphoric acid groups is 1. The number of piperidine rings is 1. The van der Waals surface area contributed by atoms with Gasteiger partial charge in [-0.25, -0.2) is 9.36 Å². The molecular formula is C25H32ClN2O9P. The van der Waals surface area contributed by atoms with Gasteiger partial charge in [-0.15, -0.1) is 0 Å². The van der Waals surface area contributed by atoms with Crippen molar-refractivity contribution in [1.82, 2.24) is 4.90 Å². The fraction of sp³-hybridized carbons (Fsp3) is 0.480. The van der Waals surface area contributed by atoms with Crippen molar-refractivity contribution >= 4 is 37.0 Å². The molecule has 0 bridgehead atoms. The number of hydrogen-bond donors (Lipinski definition) is 3. The number of oxime groups is 1. The predicted octanol–water partition coefficient (Wildman–Crippen LogP) is 4.29. The number of cyclic esters (lactones) is 1. The SMILES string of the molecule is C/C1=C\C(=N/OCC(=O)N2CCCCC2)Cc2c(Cl)c(OP(=O)(O)O)cc(O)c2C(=O)OCC/C=C/CC1. The van der Waals surface area contributed by atoms with E-state index in [-0.39, 0.29) is 47.4 Å². The van der Waals surface area contributed by atoms with Crippen molar-refractivity contribution in [3.63, 3.8) is 0 Å². The fourth-order valence-electron chi connectivity index (χ4n) is 4.15. The van der Waals surface area contributed by atoms with Crippen LogP contribution in [-0.2, 0) is 25.4 Å². The number of carbonyl (C=O) groups is 2. The first kappa shape index (κ1) is 29.7. The van der Waals surface area contributed by atoms with Gasteiger partial charge in [-0.2, -0.15) is 0 Å². The van der Waals surface area contributed by atoms with Crippen LogP contribution < -0.4 is 4.52 Å². The van der Waals surface area contributed by atoms with Gasteiger partial charge in [-0.3, -0.25) is 14.6 Å². The average molecular weight is 571 g/mol. The summed E-state index contributed by atoms with van der Waals surface area (Å²) in [6.45, 7) is 2.98. The zero-order valence-electron chi connectivity index (χ0n) is 21.1. The Labute approximate surface area is 225 Å². The van der Waals surface area contributed by atoms with E-state index in [9.17, 15) is 29.0 Å². The third-order valence-corrected chi connectivity index (χ3v) is 6.82. The smallest absolute Gasteiger partial charge is 0.507 e. The molecule has 38 heavy (non-hydrogen) atoms. The van der Waals surface area contributed by atoms with E-state index in [2.05, 4.69) is 9.68 Å². The first-order chi connectivity index (χ1) is 18.0. The first-order valence-corrected chi connectivity index (χ1v) is 14.2. The Bertz CT molecular complexity index is 1170. The molecule has 3 N–H and O–H groups in total. The third kappa shape index (κ3) is 8.87. The number of likely N-dealkylation sites (tertiary alicyclic amines) is 1. The molecule has 11 nitrogen and oxygen atoms in total. The van der Waals surface area contributed by atoms with Gasteiger partial charge in [0.1, 0.15) is 11.3 Å². The van der Waals surface area contributed by atoms with Gasteiger partial charge >= 0.3 is 13.8 Å². The van der Waals surface area contributed by atoms with Crippen LogP contribution in [0.25, 0.3) is 0 Å². The molecule has 0 radical (unpaired) electrons. The number of ether oxygens (including phenoxy) is 1. The molecule has 2 aliphatic heterocycles. The lowest BCUT2D eigenvalue weighted by atomic mass is 9.98. The molecule has 0 aliphatic carbocycles. The first-order valence-electron chi connectivity index (χ1n) is 12.3. The second-order valence-corrected chi connectivity index (χ2v) is 10.6. The van der Waals surface area contributed by atoms with Gasteiger partial charge < -0.3 is 24.1 Å². The van der Waals surface area contributed by atoms with Gasteiger partial charge in [0.05, 0.1) is 17.3 Å². The summed E-state index contributed by atoms with van der Waals surface area (Å²) in [6, 6.07) is 0.843. The molecule has 1 aromatic carbocycles. The van der Waals surface area contributed by atoms with E-state index in [0.29, 0.717) is 25.9 Å². The number of phosphoric ester groups is 1. The maximum atomic E-state index is 12.9. The standard InChI is InChI=1S/C25H32ClN2O9P/c1-17-9-5-2-3-8-12-35-25(31)23-19(24(26)21(15-20(23)29)37-38(32,33)34)14-18(13-17)27-36-16-22(30)28-10-6-4-7-11-28/h2-3,13,15,29H,4-12,14,16H2,1H3,(H2,32,33,34)/b3-2+,17-13+,27-18+. The van der Waals surface area contributed by atoms with Crippen LogP contribution in [0.5, 0.6) is 11.5 Å². The molecule has 3 rings (SSSR count). The summed E-state index contributed by atoms with van der Waals surface area (Å²) in [7, 11) is -5.04. The number of amides is 1. The molecule has 0 saturated carbocycles. The number of phenolic OH excluding ortho intramolecular Hbond substituents is 1. The highest BCUT2D eigenvalue weighted by molar-refractivity contribution is 7.46. The van der Waals surface area contributed by atoms with Gasteiger partial charge in [0.15, 0.2) is 12.4 Å². The maximum Gasteiger partial charge on any atom is 0.524 e. The van der Waals surface area contributed by atoms with Crippen molar-refractivity contribution in [3.05, 3.63) is 46.0 Å². The van der Waals surface area contributed by atoms with Crippen LogP contribution in [0.3, 0.4) is 0 Å². The molecular weight excluding hydrogens is 539 g/mol. The number of carbonyl (C=O) groups excluding carboxylic acids is 2. The average Bonchev–Trinajstić information content (AvgIpc) is 2.85. The third-order valence-electron chi connectivity index (χ3n) is 5.97. The highest BCUT2D eigenvalue weighted by Crippen LogP contribution is 2.45. The molecule has 0 unspecified atom stereocenters. The number of benzene rings is 1. The van der Waals surface area contributed by atoms with E-state index in [1.165, 1.54) is 0 Å². The number of nitrogens with zero attached hydrogens (tertiary/aromatic N) is 2. The summed E-state index contributed by atoms with van der Waals surface area (Å²) in [4.78, 5) is 51.1. The quantitative estimate of drug-likeness (QED) is 0.203. The van der Waals surface area contributed by atoms with Crippen molar-refractivity contribution in [2.75, 3.05) is 26.3 Å². The number of halogens is 1. The second kappa shape index (κ2) is 13.8. The molecule has 1 aromatic rings. The largest absolute Gasteiger partial charge is 0.524 e. The number of hydrogen-bond acceptors (Lipinski definition) is 8. The lowest BCUT2D eigenvalue weighted by Gasteiger charge is -2.26. The van der Waals surface area contributed by atoms with Gasteiger partial charge in [0.25, 0.3) is 5.91 Å². The van der Waals surface area contributed by atoms with Crippen LogP contribution in [0.1, 0.15) is 61.4 Å². The Morgan fingerprint density at radius 3 is 2.63 bits per heavy atom. The molecule has 2 aliphatic rings. The Balaban J connectivity index is 2.00. The van der Waals surface area contributed by atoms with Crippen molar-refractivity contribution in [3.8, 4) is 11.5 Å². The molecule has 0 spiro atoms. The van der Waals surface area contributed by atoms with E-state index in [4.69, 9.17) is 21.2 Å². The fourth-order valence-corrected chi connectivity index (χ4v) is 4.86. The van der Waals surface area contributed by atoms with Crippen LogP contribution in [-0.4, -0.2) is 63.7 Å². The Morgan fingerprint density at radius 2 is 1.92 bits per heavy atom. The summed E-state index contributed by atoms with van der Waals surface area (Å²) in [6.07, 6.45) is 10.2. The number of rotatable bonds is 5. The van der Waals surface area contributed by atoms with Crippen LogP contribution in [0.2, 0.25) is 5.02 Å². The zero-order valence-corrected chi connectivity index (χ0v) is 22.7. The topological polar surface area (TPSA) is 155 Å². The molecule has 0 atom stereocenters. The minimum atomic E-state index is -5.04. The number of phenols is 1. The lowest BCUT2D eigenvalue weighted by Crippen LogP contribution is -2.37. The number of fused-ring (bicyclic) bond motifs is 1. The summed E-state index contributed by atoms with van der Waals surface area (Å²) in [5.41, 5.74) is 0.862. The van der Waals surface area contributed by atoms with Gasteiger partial charge in [-0.05, 0) is 57.1 Å². The van der Waals surface area contributed by atoms with Crippen LogP contribution in [0.15, 0.2) is 35.0 Å². The number of aromatic hydroxyl groups is 1. The highest BCUT2D eigenvalue weighted by Gasteiger charge is 2.28. The normalized spacial score (nSPS) is 20.9. The van der Waals surface area contributed by atoms with E-state index < -0.39 is 25.3 Å². The van der Waals surface area contributed by atoms with E-state index in [1.807, 2.05) is 19.1 Å². The maximum absolute atomic E-state index is 12.9. The summed E-state index contributed by atoms with van der Waals surface area (Å²) in [5, 5.41) is 14.4. The van der Waals surface area contributed by atoms with Gasteiger partial charge in [-0.1, -0.05) is 34.5 Å². The number of esters is 1. The van der Waals surface area contributed by atoms with Crippen LogP contribution in [0.4, 0.5) is 0 Å². The molecule has 208 valence electrons. The van der Waals surface area contributed by atoms with Crippen LogP contribution >= 0.6 is 19.4 Å². The highest BCUT2D eigenvalue weighted by atomic mass is 35.5. The van der Waals surface area contributed by atoms with Crippen LogP contribution in [0, 0.1) is 0 Å². The van der Waals surface area contributed by atoms with Gasteiger partial charge in [0.2, 0.25) is 0 Å². The Kier molecular flexibility index (Phi) is 10.8. The lowest BCUT2D eigenvalue weighted by molar-refractivity contribution is -0.137. The molecule has 0 aromatic heterocycles. The summed E-state index contributed by atoms with van der Waals surface area (Å²) in [5.74, 6) is -2.23. The molecule has 1 amide bonds. The summed E-state index contributed by atoms with van der Waals surface area (Å²) < 4.78 is 21.4. The number of allylic oxidation sites excluding steroid dienone is 3. The summed E-state index contributed by atoms with van der Waals surface area (Å²) >= 11 is 6.43. The van der Waals surface area contributed by atoms with Crippen molar-refractivity contribution < 1.29 is 43.1 Å². The molecule has 1 saturated heterocycles. The molecule has 1 fully saturated rings. The molecule has 13 heteroatoms. The van der Waals surface area contributed by atoms with Crippen molar-refractivity contribution in [1.29, 1.82) is 0 Å². The molecule has 2 heterocycles. The van der Waals surface area contributed by atoms with Crippen molar-refractivity contribution in [2.45, 2.75) is 51.9 Å². The minimum absolute atomic E-state index is 0.0264. The zero-order chi connectivity index (χ0) is 27.7. The monoisotopic (exact) mass is 570 g/mol. The van der Waals surface area contributed by atoms with E-state index >= 15 is 0 Å².